The fraction of sp³-hybridized carbons (Fsp3) is 0.692. The molecule has 2 atom stereocenters. The van der Waals surface area contributed by atoms with Crippen LogP contribution < -0.4 is 5.32 Å². The first-order valence-corrected chi connectivity index (χ1v) is 6.67. The summed E-state index contributed by atoms with van der Waals surface area (Å²) < 4.78 is 7.28. The topological polar surface area (TPSA) is 59.4 Å². The van der Waals surface area contributed by atoms with Crippen LogP contribution in [-0.4, -0.2) is 59.8 Å². The number of ether oxygens (including phenoxy) is 1. The minimum atomic E-state index is -0.0943. The van der Waals surface area contributed by atoms with Gasteiger partial charge in [-0.2, -0.15) is 0 Å². The maximum absolute atomic E-state index is 12.2. The molecule has 1 fully saturated rings. The maximum atomic E-state index is 12.2. The van der Waals surface area contributed by atoms with Gasteiger partial charge in [-0.05, 0) is 12.8 Å². The van der Waals surface area contributed by atoms with Crippen LogP contribution in [0.4, 0.5) is 0 Å². The Morgan fingerprint density at radius 2 is 2.47 bits per heavy atom. The first-order valence-electron chi connectivity index (χ1n) is 6.67. The Bertz CT molecular complexity index is 393. The summed E-state index contributed by atoms with van der Waals surface area (Å²) in [5.74, 6) is 0.158. The van der Waals surface area contributed by atoms with Gasteiger partial charge in [-0.25, -0.2) is 4.98 Å². The van der Waals surface area contributed by atoms with Crippen molar-refractivity contribution >= 4 is 5.91 Å². The van der Waals surface area contributed by atoms with Crippen LogP contribution in [0.5, 0.6) is 0 Å². The molecular formula is C13H22N4O2. The van der Waals surface area contributed by atoms with E-state index < -0.39 is 0 Å². The van der Waals surface area contributed by atoms with Crippen molar-refractivity contribution in [2.24, 2.45) is 0 Å². The number of hydrogen-bond donors (Lipinski definition) is 1. The van der Waals surface area contributed by atoms with Gasteiger partial charge in [-0.1, -0.05) is 0 Å². The fourth-order valence-corrected chi connectivity index (χ4v) is 2.36. The van der Waals surface area contributed by atoms with Gasteiger partial charge in [0.2, 0.25) is 5.91 Å². The van der Waals surface area contributed by atoms with Crippen molar-refractivity contribution in [3.05, 3.63) is 18.7 Å². The van der Waals surface area contributed by atoms with E-state index in [9.17, 15) is 4.79 Å². The predicted molar refractivity (Wildman–Crippen MR) is 71.7 cm³/mol. The van der Waals surface area contributed by atoms with Gasteiger partial charge in [0.25, 0.3) is 0 Å². The average molecular weight is 266 g/mol. The number of aromatic nitrogens is 2. The molecule has 2 heterocycles. The predicted octanol–water partition coefficient (Wildman–Crippen LogP) is 0.109. The summed E-state index contributed by atoms with van der Waals surface area (Å²) >= 11 is 0. The van der Waals surface area contributed by atoms with Gasteiger partial charge in [-0.15, -0.1) is 0 Å². The second-order valence-electron chi connectivity index (χ2n) is 4.97. The van der Waals surface area contributed by atoms with Crippen molar-refractivity contribution in [1.82, 2.24) is 19.8 Å². The molecule has 19 heavy (non-hydrogen) atoms. The smallest absolute Gasteiger partial charge is 0.239 e. The third kappa shape index (κ3) is 3.78. The van der Waals surface area contributed by atoms with E-state index in [2.05, 4.69) is 10.3 Å². The Labute approximate surface area is 113 Å². The highest BCUT2D eigenvalue weighted by Crippen LogP contribution is 2.11. The van der Waals surface area contributed by atoms with Crippen LogP contribution in [0, 0.1) is 0 Å². The summed E-state index contributed by atoms with van der Waals surface area (Å²) in [4.78, 5) is 18.0. The highest BCUT2D eigenvalue weighted by Gasteiger charge is 2.30. The summed E-state index contributed by atoms with van der Waals surface area (Å²) in [5, 5.41) is 3.21. The van der Waals surface area contributed by atoms with Crippen molar-refractivity contribution in [3.8, 4) is 0 Å². The van der Waals surface area contributed by atoms with Crippen LogP contribution in [0.2, 0.25) is 0 Å². The van der Waals surface area contributed by atoms with Crippen molar-refractivity contribution in [1.29, 1.82) is 0 Å². The Morgan fingerprint density at radius 1 is 1.63 bits per heavy atom. The maximum Gasteiger partial charge on any atom is 0.239 e. The summed E-state index contributed by atoms with van der Waals surface area (Å²) in [5.41, 5.74) is 0. The highest BCUT2D eigenvalue weighted by atomic mass is 16.5. The van der Waals surface area contributed by atoms with Crippen LogP contribution in [0.3, 0.4) is 0 Å². The van der Waals surface area contributed by atoms with Gasteiger partial charge in [0, 0.05) is 46.2 Å². The lowest BCUT2D eigenvalue weighted by atomic mass is 10.2. The molecule has 6 nitrogen and oxygen atoms in total. The highest BCUT2D eigenvalue weighted by molar-refractivity contribution is 5.82. The molecule has 106 valence electrons. The van der Waals surface area contributed by atoms with Crippen LogP contribution in [0.1, 0.15) is 12.8 Å². The first kappa shape index (κ1) is 14.0. The number of nitrogens with one attached hydrogen (secondary N) is 1. The molecule has 6 heteroatoms. The van der Waals surface area contributed by atoms with Crippen molar-refractivity contribution in [2.75, 3.05) is 27.2 Å². The van der Waals surface area contributed by atoms with E-state index in [0.29, 0.717) is 0 Å². The number of hydrogen-bond acceptors (Lipinski definition) is 4. The SMILES string of the molecule is CO[C@@H]1CN[C@@H](C(=O)N(C)CCCn2ccnc2)C1. The molecule has 1 aliphatic heterocycles. The largest absolute Gasteiger partial charge is 0.380 e. The molecular weight excluding hydrogens is 244 g/mol. The van der Waals surface area contributed by atoms with E-state index in [1.54, 1.807) is 24.5 Å². The summed E-state index contributed by atoms with van der Waals surface area (Å²) in [6.07, 6.45) is 7.35. The number of carbonyl (C=O) groups is 1. The van der Waals surface area contributed by atoms with Gasteiger partial charge >= 0.3 is 0 Å². The van der Waals surface area contributed by atoms with Gasteiger partial charge in [-0.3, -0.25) is 4.79 Å². The molecule has 0 bridgehead atoms. The van der Waals surface area contributed by atoms with Crippen molar-refractivity contribution < 1.29 is 9.53 Å². The van der Waals surface area contributed by atoms with Crippen molar-refractivity contribution in [2.45, 2.75) is 31.5 Å². The van der Waals surface area contributed by atoms with Crippen LogP contribution in [-0.2, 0) is 16.1 Å². The number of rotatable bonds is 6. The van der Waals surface area contributed by atoms with Crippen molar-refractivity contribution in [3.63, 3.8) is 0 Å². The number of aryl methyl sites for hydroxylation is 1. The zero-order valence-corrected chi connectivity index (χ0v) is 11.6. The third-order valence-electron chi connectivity index (χ3n) is 3.57. The second kappa shape index (κ2) is 6.68. The molecule has 1 saturated heterocycles. The molecule has 0 spiro atoms. The van der Waals surface area contributed by atoms with Crippen LogP contribution >= 0.6 is 0 Å². The molecule has 0 radical (unpaired) electrons. The first-order chi connectivity index (χ1) is 9.20. The van der Waals surface area contributed by atoms with Gasteiger partial charge in [0.15, 0.2) is 0 Å². The van der Waals surface area contributed by atoms with Gasteiger partial charge in [0.1, 0.15) is 0 Å². The number of imidazole rings is 1. The average Bonchev–Trinajstić information content (AvgIpc) is 3.08. The fourth-order valence-electron chi connectivity index (χ4n) is 2.36. The van der Waals surface area contributed by atoms with Gasteiger partial charge in [0.05, 0.1) is 18.5 Å². The second-order valence-corrected chi connectivity index (χ2v) is 4.97. The molecule has 0 saturated carbocycles. The van der Waals surface area contributed by atoms with Crippen LogP contribution in [0.15, 0.2) is 18.7 Å². The monoisotopic (exact) mass is 266 g/mol. The normalized spacial score (nSPS) is 22.6. The number of amides is 1. The molecule has 1 aromatic rings. The van der Waals surface area contributed by atoms with E-state index in [1.807, 2.05) is 17.8 Å². The summed E-state index contributed by atoms with van der Waals surface area (Å²) in [7, 11) is 3.55. The number of carbonyl (C=O) groups excluding carboxylic acids is 1. The van der Waals surface area contributed by atoms with E-state index in [0.717, 1.165) is 32.5 Å². The van der Waals surface area contributed by atoms with E-state index in [-0.39, 0.29) is 18.1 Å². The Kier molecular flexibility index (Phi) is 4.93. The van der Waals surface area contributed by atoms with E-state index >= 15 is 0 Å². The number of methoxy groups -OCH3 is 1. The minimum Gasteiger partial charge on any atom is -0.380 e. The van der Waals surface area contributed by atoms with Crippen LogP contribution in [0.25, 0.3) is 0 Å². The van der Waals surface area contributed by atoms with E-state index in [4.69, 9.17) is 4.74 Å². The molecule has 1 aliphatic rings. The lowest BCUT2D eigenvalue weighted by molar-refractivity contribution is -0.132. The Hall–Kier alpha value is -1.40. The molecule has 1 aromatic heterocycles. The zero-order valence-electron chi connectivity index (χ0n) is 11.6. The standard InChI is InChI=1S/C13H22N4O2/c1-16(5-3-6-17-7-4-14-10-17)13(18)12-8-11(19-2)9-15-12/h4,7,10-12,15H,3,5-6,8-9H2,1-2H3/t11-,12+/m0/s1. The van der Waals surface area contributed by atoms with Gasteiger partial charge < -0.3 is 19.5 Å². The Morgan fingerprint density at radius 3 is 3.11 bits per heavy atom. The summed E-state index contributed by atoms with van der Waals surface area (Å²) in [6, 6.07) is -0.0943. The zero-order chi connectivity index (χ0) is 13.7. The molecule has 1 N–H and O–H groups in total. The molecule has 1 amide bonds. The lowest BCUT2D eigenvalue weighted by Gasteiger charge is -2.21. The quantitative estimate of drug-likeness (QED) is 0.794. The third-order valence-corrected chi connectivity index (χ3v) is 3.57. The number of likely N-dealkylation sites (N-methyl/N-ethyl adjacent to an activating group) is 1. The molecule has 0 aromatic carbocycles. The molecule has 2 rings (SSSR count). The number of nitrogens with zero attached hydrogens (tertiary/aromatic N) is 3. The molecule has 0 aliphatic carbocycles. The van der Waals surface area contributed by atoms with E-state index in [1.165, 1.54) is 0 Å². The minimum absolute atomic E-state index is 0.0943. The molecule has 0 unspecified atom stereocenters. The summed E-state index contributed by atoms with van der Waals surface area (Å²) in [6.45, 7) is 2.40. The Balaban J connectivity index is 1.70. The lowest BCUT2D eigenvalue weighted by Crippen LogP contribution is -2.42.